The van der Waals surface area contributed by atoms with Gasteiger partial charge in [0.1, 0.15) is 6.04 Å². The first-order valence-corrected chi connectivity index (χ1v) is 11.0. The highest BCUT2D eigenvalue weighted by Gasteiger charge is 2.31. The molecule has 1 aliphatic heterocycles. The molecule has 0 aromatic heterocycles. The Balaban J connectivity index is 1.88. The van der Waals surface area contributed by atoms with Crippen molar-refractivity contribution in [3.8, 4) is 0 Å². The molecule has 1 aliphatic rings. The average Bonchev–Trinajstić information content (AvgIpc) is 2.64. The zero-order chi connectivity index (χ0) is 19.9. The van der Waals surface area contributed by atoms with Crippen LogP contribution < -0.4 is 4.72 Å². The zero-order valence-corrected chi connectivity index (χ0v) is 17.0. The predicted molar refractivity (Wildman–Crippen MR) is 106 cm³/mol. The van der Waals surface area contributed by atoms with Crippen LogP contribution in [0.3, 0.4) is 0 Å². The van der Waals surface area contributed by atoms with E-state index in [9.17, 15) is 18.3 Å². The Morgan fingerprint density at radius 1 is 1.11 bits per heavy atom. The molecule has 1 aromatic carbocycles. The highest BCUT2D eigenvalue weighted by molar-refractivity contribution is 7.87. The summed E-state index contributed by atoms with van der Waals surface area (Å²) in [5.41, 5.74) is 0.988. The van der Waals surface area contributed by atoms with Gasteiger partial charge in [0.05, 0.1) is 0 Å². The van der Waals surface area contributed by atoms with Crippen molar-refractivity contribution < 1.29 is 18.3 Å². The summed E-state index contributed by atoms with van der Waals surface area (Å²) in [5, 5.41) is 9.42. The first-order chi connectivity index (χ1) is 12.8. The summed E-state index contributed by atoms with van der Waals surface area (Å²) in [6, 6.07) is 8.34. The first-order valence-electron chi connectivity index (χ1n) is 9.54. The van der Waals surface area contributed by atoms with Crippen molar-refractivity contribution in [1.29, 1.82) is 0 Å². The lowest BCUT2D eigenvalue weighted by molar-refractivity contribution is -0.139. The molecule has 0 radical (unpaired) electrons. The van der Waals surface area contributed by atoms with Crippen LogP contribution in [0.2, 0.25) is 0 Å². The molecule has 0 spiro atoms. The van der Waals surface area contributed by atoms with Gasteiger partial charge in [-0.05, 0) is 37.3 Å². The molecule has 152 valence electrons. The molecule has 0 bridgehead atoms. The highest BCUT2D eigenvalue weighted by Crippen LogP contribution is 2.11. The van der Waals surface area contributed by atoms with Crippen molar-refractivity contribution in [2.75, 3.05) is 32.7 Å². The van der Waals surface area contributed by atoms with Crippen molar-refractivity contribution in [2.45, 2.75) is 39.2 Å². The van der Waals surface area contributed by atoms with E-state index in [1.165, 1.54) is 4.31 Å². The molecule has 0 amide bonds. The largest absolute Gasteiger partial charge is 0.480 e. The summed E-state index contributed by atoms with van der Waals surface area (Å²) in [4.78, 5) is 13.8. The van der Waals surface area contributed by atoms with Crippen LogP contribution in [-0.4, -0.2) is 67.5 Å². The topological polar surface area (TPSA) is 90.0 Å². The second-order valence-corrected chi connectivity index (χ2v) is 9.16. The average molecular weight is 398 g/mol. The number of benzene rings is 1. The van der Waals surface area contributed by atoms with Crippen molar-refractivity contribution >= 4 is 16.2 Å². The second-order valence-electron chi connectivity index (χ2n) is 7.46. The predicted octanol–water partition coefficient (Wildman–Crippen LogP) is 1.57. The number of carboxylic acid groups (broad SMARTS) is 1. The lowest BCUT2D eigenvalue weighted by Crippen LogP contribution is -2.55. The molecule has 1 saturated heterocycles. The maximum atomic E-state index is 12.6. The molecule has 1 unspecified atom stereocenters. The number of aliphatic carboxylic acids is 1. The Kier molecular flexibility index (Phi) is 8.22. The maximum Gasteiger partial charge on any atom is 0.321 e. The van der Waals surface area contributed by atoms with E-state index in [0.717, 1.165) is 18.5 Å². The van der Waals surface area contributed by atoms with E-state index in [2.05, 4.69) is 23.5 Å². The summed E-state index contributed by atoms with van der Waals surface area (Å²) in [6.45, 7) is 7.44. The Morgan fingerprint density at radius 3 is 2.30 bits per heavy atom. The fourth-order valence-electron chi connectivity index (χ4n) is 3.08. The van der Waals surface area contributed by atoms with Gasteiger partial charge < -0.3 is 10.0 Å². The van der Waals surface area contributed by atoms with Crippen LogP contribution in [0.1, 0.15) is 32.3 Å². The lowest BCUT2D eigenvalue weighted by Gasteiger charge is -2.34. The molecule has 8 heteroatoms. The van der Waals surface area contributed by atoms with E-state index < -0.39 is 22.2 Å². The minimum Gasteiger partial charge on any atom is -0.480 e. The lowest BCUT2D eigenvalue weighted by atomic mass is 10.1. The molecule has 1 aromatic rings. The summed E-state index contributed by atoms with van der Waals surface area (Å²) >= 11 is 0. The SMILES string of the molecule is CC(C)CCN1CCN(S(=O)(=O)NC(CCc2ccccc2)C(=O)O)CC1. The molecular formula is C19H31N3O4S. The number of nitrogens with zero attached hydrogens (tertiary/aromatic N) is 2. The quantitative estimate of drug-likeness (QED) is 0.625. The third-order valence-corrected chi connectivity index (χ3v) is 6.48. The van der Waals surface area contributed by atoms with Gasteiger partial charge in [-0.3, -0.25) is 4.79 Å². The van der Waals surface area contributed by atoms with Crippen LogP contribution >= 0.6 is 0 Å². The summed E-state index contributed by atoms with van der Waals surface area (Å²) in [7, 11) is -3.81. The molecule has 0 saturated carbocycles. The van der Waals surface area contributed by atoms with Gasteiger partial charge in [0.15, 0.2) is 0 Å². The molecule has 1 fully saturated rings. The molecule has 27 heavy (non-hydrogen) atoms. The van der Waals surface area contributed by atoms with E-state index in [0.29, 0.717) is 38.5 Å². The molecule has 1 heterocycles. The molecule has 2 N–H and O–H groups in total. The smallest absolute Gasteiger partial charge is 0.321 e. The number of piperazine rings is 1. The van der Waals surface area contributed by atoms with Crippen molar-refractivity contribution in [1.82, 2.24) is 13.9 Å². The van der Waals surface area contributed by atoms with E-state index >= 15 is 0 Å². The fourth-order valence-corrected chi connectivity index (χ4v) is 4.45. The van der Waals surface area contributed by atoms with E-state index in [1.54, 1.807) is 0 Å². The van der Waals surface area contributed by atoms with Gasteiger partial charge in [0.25, 0.3) is 10.2 Å². The Labute approximate surface area is 162 Å². The number of rotatable bonds is 10. The van der Waals surface area contributed by atoms with E-state index in [4.69, 9.17) is 0 Å². The van der Waals surface area contributed by atoms with Crippen LogP contribution in [0.15, 0.2) is 30.3 Å². The van der Waals surface area contributed by atoms with Gasteiger partial charge in [-0.15, -0.1) is 0 Å². The highest BCUT2D eigenvalue weighted by atomic mass is 32.2. The third-order valence-electron chi connectivity index (χ3n) is 4.85. The van der Waals surface area contributed by atoms with Gasteiger partial charge in [-0.1, -0.05) is 44.2 Å². The van der Waals surface area contributed by atoms with Gasteiger partial charge in [0.2, 0.25) is 0 Å². The van der Waals surface area contributed by atoms with Crippen LogP contribution in [0.5, 0.6) is 0 Å². The standard InChI is InChI=1S/C19H31N3O4S/c1-16(2)10-11-21-12-14-22(15-13-21)27(25,26)20-18(19(23)24)9-8-17-6-4-3-5-7-17/h3-7,16,18,20H,8-15H2,1-2H3,(H,23,24). The van der Waals surface area contributed by atoms with E-state index in [1.807, 2.05) is 30.3 Å². The van der Waals surface area contributed by atoms with Gasteiger partial charge in [-0.2, -0.15) is 17.4 Å². The van der Waals surface area contributed by atoms with Crippen LogP contribution in [0, 0.1) is 5.92 Å². The van der Waals surface area contributed by atoms with Crippen LogP contribution in [0.4, 0.5) is 0 Å². The number of carboxylic acids is 1. The molecule has 7 nitrogen and oxygen atoms in total. The number of hydrogen-bond acceptors (Lipinski definition) is 4. The number of hydrogen-bond donors (Lipinski definition) is 2. The minimum atomic E-state index is -3.81. The monoisotopic (exact) mass is 397 g/mol. The van der Waals surface area contributed by atoms with Crippen LogP contribution in [-0.2, 0) is 21.4 Å². The molecule has 0 aliphatic carbocycles. The molecular weight excluding hydrogens is 366 g/mol. The summed E-state index contributed by atoms with van der Waals surface area (Å²) < 4.78 is 29.0. The maximum absolute atomic E-state index is 12.6. The van der Waals surface area contributed by atoms with Gasteiger partial charge in [0, 0.05) is 26.2 Å². The first kappa shape index (κ1) is 21.8. The second kappa shape index (κ2) is 10.2. The number of aryl methyl sites for hydroxylation is 1. The van der Waals surface area contributed by atoms with Gasteiger partial charge >= 0.3 is 5.97 Å². The molecule has 1 atom stereocenters. The van der Waals surface area contributed by atoms with Crippen molar-refractivity contribution in [3.63, 3.8) is 0 Å². The zero-order valence-electron chi connectivity index (χ0n) is 16.2. The van der Waals surface area contributed by atoms with Gasteiger partial charge in [-0.25, -0.2) is 0 Å². The van der Waals surface area contributed by atoms with Crippen molar-refractivity contribution in [2.24, 2.45) is 5.92 Å². The summed E-state index contributed by atoms with van der Waals surface area (Å²) in [6.07, 6.45) is 1.81. The van der Waals surface area contributed by atoms with E-state index in [-0.39, 0.29) is 6.42 Å². The number of nitrogens with one attached hydrogen (secondary N) is 1. The molecule has 2 rings (SSSR count). The normalized spacial score (nSPS) is 17.9. The Hall–Kier alpha value is -1.48. The van der Waals surface area contributed by atoms with Crippen molar-refractivity contribution in [3.05, 3.63) is 35.9 Å². The summed E-state index contributed by atoms with van der Waals surface area (Å²) in [5.74, 6) is -0.528. The third kappa shape index (κ3) is 7.21. The van der Waals surface area contributed by atoms with Crippen LogP contribution in [0.25, 0.3) is 0 Å². The Bertz CT molecular complexity index is 686. The minimum absolute atomic E-state index is 0.215. The fraction of sp³-hybridized carbons (Fsp3) is 0.632. The number of carbonyl (C=O) groups is 1. The Morgan fingerprint density at radius 2 is 1.74 bits per heavy atom.